The summed E-state index contributed by atoms with van der Waals surface area (Å²) >= 11 is 0. The zero-order valence-corrected chi connectivity index (χ0v) is 10.5. The van der Waals surface area contributed by atoms with Crippen LogP contribution < -0.4 is 0 Å². The molecule has 5 nitrogen and oxygen atoms in total. The normalized spacial score (nSPS) is 12.1. The summed E-state index contributed by atoms with van der Waals surface area (Å²) in [5, 5.41) is 8.96. The van der Waals surface area contributed by atoms with E-state index in [0.717, 1.165) is 5.56 Å². The summed E-state index contributed by atoms with van der Waals surface area (Å²) in [5.74, 6) is -0.722. The number of carboxylic acid groups (broad SMARTS) is 1. The minimum absolute atomic E-state index is 0.0364. The lowest BCUT2D eigenvalue weighted by Gasteiger charge is -2.16. The van der Waals surface area contributed by atoms with Gasteiger partial charge in [0.2, 0.25) is 0 Å². The third-order valence-electron chi connectivity index (χ3n) is 2.56. The highest BCUT2D eigenvalue weighted by Gasteiger charge is 2.18. The van der Waals surface area contributed by atoms with E-state index in [2.05, 4.69) is 9.97 Å². The van der Waals surface area contributed by atoms with E-state index in [0.29, 0.717) is 12.4 Å². The van der Waals surface area contributed by atoms with Crippen molar-refractivity contribution in [2.75, 3.05) is 6.61 Å². The van der Waals surface area contributed by atoms with Crippen molar-refractivity contribution < 1.29 is 14.6 Å². The average molecular weight is 258 g/mol. The number of hydrogen-bond donors (Lipinski definition) is 1. The molecule has 0 aliphatic carbocycles. The van der Waals surface area contributed by atoms with Crippen molar-refractivity contribution in [3.05, 3.63) is 59.7 Å². The molecule has 1 N–H and O–H groups in total. The molecule has 5 heteroatoms. The number of nitrogens with zero attached hydrogens (tertiary/aromatic N) is 2. The Balaban J connectivity index is 2.39. The SMILES string of the molecule is CCOC(c1ccccc1)c1nccc(C(=O)O)n1. The van der Waals surface area contributed by atoms with E-state index < -0.39 is 12.1 Å². The number of hydrogen-bond acceptors (Lipinski definition) is 4. The quantitative estimate of drug-likeness (QED) is 0.890. The van der Waals surface area contributed by atoms with Crippen LogP contribution in [0.1, 0.15) is 34.9 Å². The minimum Gasteiger partial charge on any atom is -0.477 e. The maximum atomic E-state index is 10.9. The van der Waals surface area contributed by atoms with Gasteiger partial charge in [0, 0.05) is 12.8 Å². The highest BCUT2D eigenvalue weighted by atomic mass is 16.5. The van der Waals surface area contributed by atoms with Gasteiger partial charge in [-0.2, -0.15) is 0 Å². The molecule has 0 amide bonds. The molecule has 0 radical (unpaired) electrons. The maximum Gasteiger partial charge on any atom is 0.354 e. The molecular formula is C14H14N2O3. The van der Waals surface area contributed by atoms with E-state index in [-0.39, 0.29) is 5.69 Å². The van der Waals surface area contributed by atoms with Gasteiger partial charge in [0.25, 0.3) is 0 Å². The molecule has 0 spiro atoms. The summed E-state index contributed by atoms with van der Waals surface area (Å²) in [6, 6.07) is 10.8. The standard InChI is InChI=1S/C14H14N2O3/c1-2-19-12(10-6-4-3-5-7-10)13-15-9-8-11(16-13)14(17)18/h3-9,12H,2H2,1H3,(H,17,18). The van der Waals surface area contributed by atoms with E-state index in [1.54, 1.807) is 0 Å². The van der Waals surface area contributed by atoms with E-state index >= 15 is 0 Å². The fourth-order valence-electron chi connectivity index (χ4n) is 1.73. The predicted octanol–water partition coefficient (Wildman–Crippen LogP) is 2.30. The van der Waals surface area contributed by atoms with Gasteiger partial charge in [-0.1, -0.05) is 30.3 Å². The third kappa shape index (κ3) is 3.14. The van der Waals surface area contributed by atoms with Gasteiger partial charge >= 0.3 is 5.97 Å². The van der Waals surface area contributed by atoms with E-state index in [4.69, 9.17) is 9.84 Å². The molecule has 0 fully saturated rings. The molecule has 19 heavy (non-hydrogen) atoms. The molecule has 2 aromatic rings. The van der Waals surface area contributed by atoms with Crippen LogP contribution in [0.25, 0.3) is 0 Å². The van der Waals surface area contributed by atoms with Crippen LogP contribution in [0.3, 0.4) is 0 Å². The van der Waals surface area contributed by atoms with Crippen molar-refractivity contribution in [2.45, 2.75) is 13.0 Å². The molecule has 0 saturated carbocycles. The molecule has 98 valence electrons. The highest BCUT2D eigenvalue weighted by Crippen LogP contribution is 2.22. The summed E-state index contributed by atoms with van der Waals surface area (Å²) in [4.78, 5) is 19.1. The lowest BCUT2D eigenvalue weighted by Crippen LogP contribution is -2.13. The van der Waals surface area contributed by atoms with Crippen LogP contribution in [0, 0.1) is 0 Å². The summed E-state index contributed by atoms with van der Waals surface area (Å²) in [6.45, 7) is 2.36. The Labute approximate surface area is 110 Å². The van der Waals surface area contributed by atoms with Crippen molar-refractivity contribution in [2.24, 2.45) is 0 Å². The lowest BCUT2D eigenvalue weighted by molar-refractivity contribution is 0.0683. The van der Waals surface area contributed by atoms with Gasteiger partial charge in [0.1, 0.15) is 6.10 Å². The summed E-state index contributed by atoms with van der Waals surface area (Å²) in [5.41, 5.74) is 0.859. The Morgan fingerprint density at radius 2 is 2.05 bits per heavy atom. The molecule has 0 aliphatic heterocycles. The van der Waals surface area contributed by atoms with Crippen molar-refractivity contribution in [1.82, 2.24) is 9.97 Å². The molecular weight excluding hydrogens is 244 g/mol. The van der Waals surface area contributed by atoms with Crippen LogP contribution in [0.2, 0.25) is 0 Å². The monoisotopic (exact) mass is 258 g/mol. The van der Waals surface area contributed by atoms with Gasteiger partial charge < -0.3 is 9.84 Å². The number of rotatable bonds is 5. The Hall–Kier alpha value is -2.27. The number of aromatic carboxylic acids is 1. The van der Waals surface area contributed by atoms with E-state index in [9.17, 15) is 4.79 Å². The average Bonchev–Trinajstić information content (AvgIpc) is 2.46. The second kappa shape index (κ2) is 6.06. The van der Waals surface area contributed by atoms with Crippen LogP contribution in [0.5, 0.6) is 0 Å². The first-order valence-electron chi connectivity index (χ1n) is 5.95. The number of benzene rings is 1. The molecule has 1 heterocycles. The lowest BCUT2D eigenvalue weighted by atomic mass is 10.1. The first-order chi connectivity index (χ1) is 9.22. The fraction of sp³-hybridized carbons (Fsp3) is 0.214. The van der Waals surface area contributed by atoms with Crippen molar-refractivity contribution in [1.29, 1.82) is 0 Å². The zero-order valence-electron chi connectivity index (χ0n) is 10.5. The van der Waals surface area contributed by atoms with Gasteiger partial charge in [-0.05, 0) is 18.6 Å². The van der Waals surface area contributed by atoms with Crippen LogP contribution in [-0.4, -0.2) is 27.7 Å². The molecule has 0 aliphatic rings. The van der Waals surface area contributed by atoms with Crippen molar-refractivity contribution in [3.63, 3.8) is 0 Å². The third-order valence-corrected chi connectivity index (χ3v) is 2.56. The van der Waals surface area contributed by atoms with Crippen LogP contribution >= 0.6 is 0 Å². The minimum atomic E-state index is -1.08. The van der Waals surface area contributed by atoms with E-state index in [1.165, 1.54) is 12.3 Å². The van der Waals surface area contributed by atoms with E-state index in [1.807, 2.05) is 37.3 Å². The first-order valence-corrected chi connectivity index (χ1v) is 5.95. The molecule has 1 aromatic heterocycles. The smallest absolute Gasteiger partial charge is 0.354 e. The van der Waals surface area contributed by atoms with Crippen molar-refractivity contribution in [3.8, 4) is 0 Å². The maximum absolute atomic E-state index is 10.9. The number of aromatic nitrogens is 2. The Kier molecular flexibility index (Phi) is 4.20. The summed E-state index contributed by atoms with van der Waals surface area (Å²) in [7, 11) is 0. The zero-order chi connectivity index (χ0) is 13.7. The fourth-order valence-corrected chi connectivity index (χ4v) is 1.73. The molecule has 1 aromatic carbocycles. The van der Waals surface area contributed by atoms with Gasteiger partial charge in [-0.15, -0.1) is 0 Å². The predicted molar refractivity (Wildman–Crippen MR) is 68.9 cm³/mol. The second-order valence-electron chi connectivity index (χ2n) is 3.85. The molecule has 1 atom stereocenters. The second-order valence-corrected chi connectivity index (χ2v) is 3.85. The molecule has 0 bridgehead atoms. The first kappa shape index (κ1) is 13.2. The highest BCUT2D eigenvalue weighted by molar-refractivity contribution is 5.85. The van der Waals surface area contributed by atoms with Crippen LogP contribution in [-0.2, 0) is 4.74 Å². The summed E-state index contributed by atoms with van der Waals surface area (Å²) in [6.07, 6.45) is 0.978. The molecule has 1 unspecified atom stereocenters. The van der Waals surface area contributed by atoms with Crippen LogP contribution in [0.15, 0.2) is 42.6 Å². The van der Waals surface area contributed by atoms with Gasteiger partial charge in [0.05, 0.1) is 0 Å². The number of ether oxygens (including phenoxy) is 1. The Bertz CT molecular complexity index is 558. The van der Waals surface area contributed by atoms with Gasteiger partial charge in [0.15, 0.2) is 11.5 Å². The largest absolute Gasteiger partial charge is 0.477 e. The van der Waals surface area contributed by atoms with Crippen molar-refractivity contribution >= 4 is 5.97 Å². The number of carboxylic acids is 1. The number of carbonyl (C=O) groups is 1. The topological polar surface area (TPSA) is 72.3 Å². The van der Waals surface area contributed by atoms with Gasteiger partial charge in [-0.25, -0.2) is 14.8 Å². The summed E-state index contributed by atoms with van der Waals surface area (Å²) < 4.78 is 5.63. The Morgan fingerprint density at radius 3 is 2.68 bits per heavy atom. The molecule has 0 saturated heterocycles. The molecule has 2 rings (SSSR count). The van der Waals surface area contributed by atoms with Gasteiger partial charge in [-0.3, -0.25) is 0 Å². The van der Waals surface area contributed by atoms with Crippen LogP contribution in [0.4, 0.5) is 0 Å². The Morgan fingerprint density at radius 1 is 1.32 bits per heavy atom.